The van der Waals surface area contributed by atoms with Crippen LogP contribution in [0.15, 0.2) is 6.07 Å². The van der Waals surface area contributed by atoms with E-state index in [2.05, 4.69) is 22.1 Å². The lowest BCUT2D eigenvalue weighted by atomic mass is 10.1. The van der Waals surface area contributed by atoms with Crippen molar-refractivity contribution >= 4 is 11.3 Å². The van der Waals surface area contributed by atoms with E-state index in [4.69, 9.17) is 5.73 Å². The Bertz CT molecular complexity index is 466. The first kappa shape index (κ1) is 11.3. The maximum absolute atomic E-state index is 5.82. The summed E-state index contributed by atoms with van der Waals surface area (Å²) in [7, 11) is 0. The van der Waals surface area contributed by atoms with E-state index in [0.29, 0.717) is 6.54 Å². The third-order valence-electron chi connectivity index (χ3n) is 2.66. The summed E-state index contributed by atoms with van der Waals surface area (Å²) in [5.41, 5.74) is 8.94. The molecule has 0 bridgehead atoms. The number of hydrogen-bond donors (Lipinski definition) is 2. The molecule has 5 heteroatoms. The van der Waals surface area contributed by atoms with Crippen LogP contribution in [-0.2, 0) is 0 Å². The Morgan fingerprint density at radius 1 is 1.44 bits per heavy atom. The number of nitrogens with two attached hydrogens (primary N) is 1. The zero-order valence-corrected chi connectivity index (χ0v) is 10.6. The van der Waals surface area contributed by atoms with Crippen LogP contribution < -0.4 is 5.73 Å². The van der Waals surface area contributed by atoms with Gasteiger partial charge < -0.3 is 5.73 Å². The maximum atomic E-state index is 5.82. The molecule has 0 saturated carbocycles. The van der Waals surface area contributed by atoms with E-state index >= 15 is 0 Å². The van der Waals surface area contributed by atoms with Crippen molar-refractivity contribution in [2.75, 3.05) is 6.54 Å². The molecule has 3 N–H and O–H groups in total. The van der Waals surface area contributed by atoms with Gasteiger partial charge in [0, 0.05) is 17.1 Å². The van der Waals surface area contributed by atoms with Gasteiger partial charge in [0.2, 0.25) is 0 Å². The maximum Gasteiger partial charge on any atom is 0.103 e. The summed E-state index contributed by atoms with van der Waals surface area (Å²) in [4.78, 5) is 5.80. The zero-order chi connectivity index (χ0) is 11.7. The van der Waals surface area contributed by atoms with E-state index in [1.807, 2.05) is 19.9 Å². The molecule has 86 valence electrons. The highest BCUT2D eigenvalue weighted by Gasteiger charge is 2.19. The fourth-order valence-electron chi connectivity index (χ4n) is 1.61. The lowest BCUT2D eigenvalue weighted by Gasteiger charge is -2.07. The smallest absolute Gasteiger partial charge is 0.103 e. The van der Waals surface area contributed by atoms with E-state index in [9.17, 15) is 0 Å². The lowest BCUT2D eigenvalue weighted by molar-refractivity contribution is 0.769. The minimum Gasteiger partial charge on any atom is -0.329 e. The summed E-state index contributed by atoms with van der Waals surface area (Å²) >= 11 is 1.71. The Morgan fingerprint density at radius 2 is 2.19 bits per heavy atom. The van der Waals surface area contributed by atoms with E-state index in [0.717, 1.165) is 22.1 Å². The number of aromatic amines is 1. The van der Waals surface area contributed by atoms with Crippen LogP contribution in [0.5, 0.6) is 0 Å². The van der Waals surface area contributed by atoms with Gasteiger partial charge in [-0.25, -0.2) is 4.98 Å². The van der Waals surface area contributed by atoms with E-state index in [1.54, 1.807) is 11.3 Å². The third kappa shape index (κ3) is 2.01. The Balaban J connectivity index is 2.36. The first-order valence-corrected chi connectivity index (χ1v) is 6.09. The predicted molar refractivity (Wildman–Crippen MR) is 65.8 cm³/mol. The van der Waals surface area contributed by atoms with E-state index in [1.165, 1.54) is 4.88 Å². The Kier molecular flexibility index (Phi) is 3.07. The van der Waals surface area contributed by atoms with Gasteiger partial charge in [-0.15, -0.1) is 11.3 Å². The topological polar surface area (TPSA) is 67.6 Å². The van der Waals surface area contributed by atoms with Crippen molar-refractivity contribution in [1.29, 1.82) is 0 Å². The van der Waals surface area contributed by atoms with Crippen molar-refractivity contribution in [2.24, 2.45) is 5.73 Å². The number of aryl methyl sites for hydroxylation is 3. The number of H-pyrrole nitrogens is 1. The molecular weight excluding hydrogens is 220 g/mol. The Hall–Kier alpha value is -1.20. The van der Waals surface area contributed by atoms with E-state index < -0.39 is 0 Å². The molecule has 0 aromatic carbocycles. The summed E-state index contributed by atoms with van der Waals surface area (Å²) in [5.74, 6) is 0.113. The largest absolute Gasteiger partial charge is 0.329 e. The average Bonchev–Trinajstić information content (AvgIpc) is 2.77. The van der Waals surface area contributed by atoms with Gasteiger partial charge in [0.15, 0.2) is 0 Å². The Morgan fingerprint density at radius 3 is 2.62 bits per heavy atom. The summed E-state index contributed by atoms with van der Waals surface area (Å²) < 4.78 is 0. The van der Waals surface area contributed by atoms with Crippen LogP contribution in [0.1, 0.15) is 32.9 Å². The molecular formula is C11H16N4S. The van der Waals surface area contributed by atoms with Gasteiger partial charge in [-0.05, 0) is 26.8 Å². The highest BCUT2D eigenvalue weighted by atomic mass is 32.1. The third-order valence-corrected chi connectivity index (χ3v) is 3.85. The second-order valence-electron chi connectivity index (χ2n) is 3.96. The van der Waals surface area contributed by atoms with Crippen LogP contribution in [0.2, 0.25) is 0 Å². The average molecular weight is 236 g/mol. The second kappa shape index (κ2) is 4.35. The minimum atomic E-state index is 0.113. The minimum absolute atomic E-state index is 0.113. The number of hydrogen-bond acceptors (Lipinski definition) is 4. The molecule has 0 radical (unpaired) electrons. The molecule has 0 amide bonds. The van der Waals surface area contributed by atoms with Gasteiger partial charge in [-0.1, -0.05) is 0 Å². The first-order chi connectivity index (χ1) is 7.61. The molecule has 0 fully saturated rings. The molecule has 0 spiro atoms. The van der Waals surface area contributed by atoms with Crippen LogP contribution in [0, 0.1) is 20.8 Å². The summed E-state index contributed by atoms with van der Waals surface area (Å²) in [6.45, 7) is 6.64. The van der Waals surface area contributed by atoms with Crippen molar-refractivity contribution in [3.63, 3.8) is 0 Å². The summed E-state index contributed by atoms with van der Waals surface area (Å²) in [6.07, 6.45) is 0. The predicted octanol–water partition coefficient (Wildman–Crippen LogP) is 1.88. The monoisotopic (exact) mass is 236 g/mol. The zero-order valence-electron chi connectivity index (χ0n) is 9.74. The number of thiazole rings is 1. The van der Waals surface area contributed by atoms with Crippen LogP contribution >= 0.6 is 11.3 Å². The number of rotatable bonds is 3. The summed E-state index contributed by atoms with van der Waals surface area (Å²) in [5, 5.41) is 8.27. The molecule has 0 aliphatic heterocycles. The first-order valence-electron chi connectivity index (χ1n) is 5.27. The molecule has 1 unspecified atom stereocenters. The number of nitrogens with one attached hydrogen (secondary N) is 1. The van der Waals surface area contributed by atoms with Gasteiger partial charge in [0.05, 0.1) is 17.3 Å². The highest BCUT2D eigenvalue weighted by molar-refractivity contribution is 7.11. The normalized spacial score (nSPS) is 13.0. The molecule has 2 rings (SSSR count). The van der Waals surface area contributed by atoms with Crippen LogP contribution in [0.4, 0.5) is 0 Å². The van der Waals surface area contributed by atoms with Crippen molar-refractivity contribution in [3.8, 4) is 0 Å². The molecule has 4 nitrogen and oxygen atoms in total. The quantitative estimate of drug-likeness (QED) is 0.855. The number of nitrogens with zero attached hydrogens (tertiary/aromatic N) is 2. The number of aromatic nitrogens is 3. The van der Waals surface area contributed by atoms with Crippen LogP contribution in [0.25, 0.3) is 0 Å². The van der Waals surface area contributed by atoms with Crippen molar-refractivity contribution in [2.45, 2.75) is 26.7 Å². The van der Waals surface area contributed by atoms with Crippen molar-refractivity contribution in [3.05, 3.63) is 33.0 Å². The summed E-state index contributed by atoms with van der Waals surface area (Å²) in [6, 6.07) is 2.03. The fourth-order valence-corrected chi connectivity index (χ4v) is 2.66. The molecule has 1 atom stereocenters. The van der Waals surface area contributed by atoms with Gasteiger partial charge in [0.25, 0.3) is 0 Å². The second-order valence-corrected chi connectivity index (χ2v) is 5.19. The fraction of sp³-hybridized carbons (Fsp3) is 0.455. The van der Waals surface area contributed by atoms with Crippen molar-refractivity contribution < 1.29 is 0 Å². The molecule has 2 aromatic heterocycles. The van der Waals surface area contributed by atoms with Crippen molar-refractivity contribution in [1.82, 2.24) is 15.2 Å². The SMILES string of the molecule is Cc1cc(C(CN)c2nc(C)c(C)s2)n[nH]1. The van der Waals surface area contributed by atoms with Gasteiger partial charge in [-0.3, -0.25) is 5.10 Å². The van der Waals surface area contributed by atoms with Gasteiger partial charge in [-0.2, -0.15) is 5.10 Å². The molecule has 0 saturated heterocycles. The van der Waals surface area contributed by atoms with Gasteiger partial charge in [0.1, 0.15) is 5.01 Å². The molecule has 2 aromatic rings. The lowest BCUT2D eigenvalue weighted by Crippen LogP contribution is -2.14. The molecule has 16 heavy (non-hydrogen) atoms. The molecule has 0 aliphatic carbocycles. The molecule has 0 aliphatic rings. The van der Waals surface area contributed by atoms with Gasteiger partial charge >= 0.3 is 0 Å². The highest BCUT2D eigenvalue weighted by Crippen LogP contribution is 2.28. The standard InChI is InChI=1S/C11H16N4S/c1-6-4-10(15-14-6)9(5-12)11-13-7(2)8(3)16-11/h4,9H,5,12H2,1-3H3,(H,14,15). The van der Waals surface area contributed by atoms with Crippen LogP contribution in [0.3, 0.4) is 0 Å². The van der Waals surface area contributed by atoms with Crippen LogP contribution in [-0.4, -0.2) is 21.7 Å². The Labute approximate surface area is 98.9 Å². The van der Waals surface area contributed by atoms with E-state index in [-0.39, 0.29) is 5.92 Å². The molecule has 2 heterocycles.